The number of pyridine rings is 1. The first kappa shape index (κ1) is 30.2. The molecule has 40 heavy (non-hydrogen) atoms. The molecule has 1 aromatic heterocycles. The van der Waals surface area contributed by atoms with E-state index in [1.165, 1.54) is 25.2 Å². The van der Waals surface area contributed by atoms with Gasteiger partial charge in [-0.2, -0.15) is 0 Å². The number of benzene rings is 1. The predicted octanol–water partition coefficient (Wildman–Crippen LogP) is 5.01. The van der Waals surface area contributed by atoms with E-state index in [1.54, 1.807) is 13.2 Å². The lowest BCUT2D eigenvalue weighted by Gasteiger charge is -2.30. The van der Waals surface area contributed by atoms with Crippen molar-refractivity contribution in [2.45, 2.75) is 76.5 Å². The van der Waals surface area contributed by atoms with Gasteiger partial charge in [-0.25, -0.2) is 9.37 Å². The molecule has 3 heterocycles. The number of unbranched alkanes of at least 4 members (excludes halogenated alkanes) is 2. The molecule has 220 valence electrons. The van der Waals surface area contributed by atoms with E-state index in [0.717, 1.165) is 63.1 Å². The van der Waals surface area contributed by atoms with Gasteiger partial charge in [-0.05, 0) is 95.3 Å². The average molecular weight is 557 g/mol. The number of nitrogens with zero attached hydrogens (tertiary/aromatic N) is 3. The van der Waals surface area contributed by atoms with Crippen molar-refractivity contribution in [1.29, 1.82) is 0 Å². The Kier molecular flexibility index (Phi) is 10.0. The second-order valence-corrected chi connectivity index (χ2v) is 11.6. The number of nitrogens with one attached hydrogen (secondary N) is 1. The van der Waals surface area contributed by atoms with Crippen LogP contribution in [0, 0.1) is 5.82 Å². The molecule has 9 heteroatoms. The molecule has 0 spiro atoms. The van der Waals surface area contributed by atoms with Crippen LogP contribution in [0.15, 0.2) is 24.3 Å². The minimum absolute atomic E-state index is 0.0240. The van der Waals surface area contributed by atoms with E-state index in [9.17, 15) is 9.90 Å². The van der Waals surface area contributed by atoms with Crippen LogP contribution in [-0.2, 0) is 28.0 Å². The van der Waals surface area contributed by atoms with Gasteiger partial charge in [-0.1, -0.05) is 12.5 Å². The van der Waals surface area contributed by atoms with Crippen molar-refractivity contribution < 1.29 is 23.8 Å². The number of likely N-dealkylation sites (N-methyl/N-ethyl adjacent to an activating group) is 1. The Morgan fingerprint density at radius 1 is 1.27 bits per heavy atom. The maximum Gasteiger partial charge on any atom is 0.325 e. The third-order valence-electron chi connectivity index (χ3n) is 8.59. The van der Waals surface area contributed by atoms with Crippen LogP contribution in [0.25, 0.3) is 0 Å². The van der Waals surface area contributed by atoms with Crippen molar-refractivity contribution in [1.82, 2.24) is 14.8 Å². The van der Waals surface area contributed by atoms with E-state index in [-0.39, 0.29) is 11.8 Å². The quantitative estimate of drug-likeness (QED) is 0.333. The number of methoxy groups -OCH3 is 2. The number of rotatable bonds is 13. The number of halogens is 1. The Balaban J connectivity index is 1.33. The molecule has 0 aliphatic carbocycles. The Morgan fingerprint density at radius 2 is 2.08 bits per heavy atom. The van der Waals surface area contributed by atoms with Crippen molar-refractivity contribution in [3.8, 4) is 5.75 Å². The zero-order valence-electron chi connectivity index (χ0n) is 24.6. The van der Waals surface area contributed by atoms with Crippen LogP contribution in [0.5, 0.6) is 5.75 Å². The topological polar surface area (TPSA) is 87.2 Å². The summed E-state index contributed by atoms with van der Waals surface area (Å²) in [6.07, 6.45) is 7.40. The van der Waals surface area contributed by atoms with Crippen molar-refractivity contribution >= 4 is 11.8 Å². The number of ether oxygens (including phenoxy) is 2. The molecule has 2 aromatic rings. The van der Waals surface area contributed by atoms with Gasteiger partial charge >= 0.3 is 5.97 Å². The van der Waals surface area contributed by atoms with E-state index < -0.39 is 23.4 Å². The van der Waals surface area contributed by atoms with E-state index >= 15 is 4.39 Å². The highest BCUT2D eigenvalue weighted by Crippen LogP contribution is 2.38. The van der Waals surface area contributed by atoms with E-state index in [2.05, 4.69) is 29.4 Å². The minimum atomic E-state index is -1.01. The fourth-order valence-electron chi connectivity index (χ4n) is 5.88. The second kappa shape index (κ2) is 13.3. The lowest BCUT2D eigenvalue weighted by molar-refractivity contribution is -0.143. The van der Waals surface area contributed by atoms with E-state index in [0.29, 0.717) is 24.2 Å². The summed E-state index contributed by atoms with van der Waals surface area (Å²) >= 11 is 0. The van der Waals surface area contributed by atoms with Crippen LogP contribution in [-0.4, -0.2) is 79.3 Å². The highest BCUT2D eigenvalue weighted by atomic mass is 19.1. The first-order chi connectivity index (χ1) is 19.1. The van der Waals surface area contributed by atoms with E-state index in [1.807, 2.05) is 18.7 Å². The third kappa shape index (κ3) is 6.93. The monoisotopic (exact) mass is 556 g/mol. The molecule has 2 N–H and O–H groups in total. The van der Waals surface area contributed by atoms with Crippen molar-refractivity contribution in [3.05, 3.63) is 52.5 Å². The number of hydrogen-bond acceptors (Lipinski definition) is 7. The summed E-state index contributed by atoms with van der Waals surface area (Å²) in [5.41, 5.74) is 2.60. The average Bonchev–Trinajstić information content (AvgIpc) is 3.42. The van der Waals surface area contributed by atoms with Crippen molar-refractivity contribution in [2.75, 3.05) is 52.8 Å². The van der Waals surface area contributed by atoms with Crippen molar-refractivity contribution in [2.24, 2.45) is 0 Å². The van der Waals surface area contributed by atoms with Gasteiger partial charge in [0.25, 0.3) is 0 Å². The number of carboxylic acid groups (broad SMARTS) is 1. The Labute approximate surface area is 237 Å². The number of anilines is 1. The Morgan fingerprint density at radius 3 is 2.80 bits per heavy atom. The van der Waals surface area contributed by atoms with Crippen LogP contribution in [0.4, 0.5) is 10.2 Å². The van der Waals surface area contributed by atoms with Crippen LogP contribution < -0.4 is 10.1 Å². The largest absolute Gasteiger partial charge is 0.493 e. The zero-order chi connectivity index (χ0) is 28.9. The molecule has 1 unspecified atom stereocenters. The van der Waals surface area contributed by atoms with Gasteiger partial charge in [-0.15, -0.1) is 0 Å². The first-order valence-electron chi connectivity index (χ1n) is 14.5. The smallest absolute Gasteiger partial charge is 0.325 e. The first-order valence-corrected chi connectivity index (χ1v) is 14.5. The van der Waals surface area contributed by atoms with Gasteiger partial charge in [0, 0.05) is 44.0 Å². The third-order valence-corrected chi connectivity index (χ3v) is 8.59. The number of likely N-dealkylation sites (tertiary alicyclic amines) is 1. The SMILES string of the molecule is COc1c(F)cc(C(C)(C)OC)cc1C(C(=O)O)N1CC[C@@H](N(C)CCCCCc2ccc3c(n2)NCCC3)C1. The molecule has 0 amide bonds. The summed E-state index contributed by atoms with van der Waals surface area (Å²) in [5, 5.41) is 13.7. The normalized spacial score (nSPS) is 18.4. The number of carbonyl (C=O) groups is 1. The molecule has 4 rings (SSSR count). The van der Waals surface area contributed by atoms with Crippen molar-refractivity contribution in [3.63, 3.8) is 0 Å². The molecule has 2 atom stereocenters. The van der Waals surface area contributed by atoms with Gasteiger partial charge in [0.1, 0.15) is 11.9 Å². The van der Waals surface area contributed by atoms with Crippen LogP contribution in [0.2, 0.25) is 0 Å². The molecule has 0 radical (unpaired) electrons. The summed E-state index contributed by atoms with van der Waals surface area (Å²) in [6.45, 7) is 6.83. The van der Waals surface area contributed by atoms with Gasteiger partial charge in [0.2, 0.25) is 0 Å². The molecule has 1 aromatic carbocycles. The molecule has 1 fully saturated rings. The zero-order valence-corrected chi connectivity index (χ0v) is 24.6. The highest BCUT2D eigenvalue weighted by Gasteiger charge is 2.38. The number of hydrogen-bond donors (Lipinski definition) is 2. The lowest BCUT2D eigenvalue weighted by atomic mass is 9.92. The van der Waals surface area contributed by atoms with Gasteiger partial charge in [0.15, 0.2) is 11.6 Å². The molecular weight excluding hydrogens is 511 g/mol. The minimum Gasteiger partial charge on any atom is -0.493 e. The Hall–Kier alpha value is -2.75. The summed E-state index contributed by atoms with van der Waals surface area (Å²) < 4.78 is 26.0. The van der Waals surface area contributed by atoms with Crippen LogP contribution >= 0.6 is 0 Å². The number of fused-ring (bicyclic) bond motifs is 1. The molecule has 8 nitrogen and oxygen atoms in total. The number of aliphatic carboxylic acids is 1. The summed E-state index contributed by atoms with van der Waals surface area (Å²) in [5.74, 6) is -0.562. The maximum atomic E-state index is 15.1. The molecule has 0 saturated carbocycles. The summed E-state index contributed by atoms with van der Waals surface area (Å²) in [7, 11) is 5.05. The van der Waals surface area contributed by atoms with Gasteiger partial charge in [-0.3, -0.25) is 9.69 Å². The second-order valence-electron chi connectivity index (χ2n) is 11.6. The highest BCUT2D eigenvalue weighted by molar-refractivity contribution is 5.77. The van der Waals surface area contributed by atoms with Crippen LogP contribution in [0.1, 0.15) is 74.4 Å². The number of aromatic nitrogens is 1. The molecular formula is C31H45FN4O4. The summed E-state index contributed by atoms with van der Waals surface area (Å²) in [6, 6.07) is 6.70. The van der Waals surface area contributed by atoms with E-state index in [4.69, 9.17) is 14.5 Å². The molecule has 2 aliphatic heterocycles. The molecule has 0 bridgehead atoms. The predicted molar refractivity (Wildman–Crippen MR) is 155 cm³/mol. The standard InChI is InChI=1S/C31H45FN4O4/c1-31(2,40-5)22-18-25(28(39-4)26(32)19-22)27(30(37)38)36-17-14-24(20-36)35(3)16-8-6-7-11-23-13-12-21-10-9-15-33-29(21)34-23/h12-13,18-19,24,27H,6-11,14-17,20H2,1-5H3,(H,33,34)(H,37,38)/t24-,27?/m1/s1. The fraction of sp³-hybridized carbons (Fsp3) is 0.613. The fourth-order valence-corrected chi connectivity index (χ4v) is 5.88. The van der Waals surface area contributed by atoms with Gasteiger partial charge in [0.05, 0.1) is 12.7 Å². The van der Waals surface area contributed by atoms with Crippen LogP contribution in [0.3, 0.4) is 0 Å². The molecule has 2 aliphatic rings. The molecule has 1 saturated heterocycles. The van der Waals surface area contributed by atoms with Gasteiger partial charge < -0.3 is 24.8 Å². The number of aryl methyl sites for hydroxylation is 2. The summed E-state index contributed by atoms with van der Waals surface area (Å²) in [4.78, 5) is 21.6. The lowest BCUT2D eigenvalue weighted by Crippen LogP contribution is -2.38. The maximum absolute atomic E-state index is 15.1. The number of carboxylic acids is 1. The Bertz CT molecular complexity index is 1170.